The molecule has 2 aliphatic rings. The molecule has 1 saturated heterocycles. The minimum absolute atomic E-state index is 0.133. The molecule has 0 aromatic heterocycles. The molecular weight excluding hydrogens is 388 g/mol. The molecule has 1 heterocycles. The van der Waals surface area contributed by atoms with Gasteiger partial charge in [-0.1, -0.05) is 36.4 Å². The van der Waals surface area contributed by atoms with Crippen molar-refractivity contribution < 1.29 is 23.0 Å². The quantitative estimate of drug-likeness (QED) is 0.811. The molecule has 0 amide bonds. The average molecular weight is 415 g/mol. The molecule has 29 heavy (non-hydrogen) atoms. The number of methoxy groups -OCH3 is 2. The fourth-order valence-electron chi connectivity index (χ4n) is 4.83. The van der Waals surface area contributed by atoms with Gasteiger partial charge in [-0.25, -0.2) is 8.42 Å². The number of ether oxygens (including phenoxy) is 2. The van der Waals surface area contributed by atoms with E-state index in [4.69, 9.17) is 9.47 Å². The summed E-state index contributed by atoms with van der Waals surface area (Å²) >= 11 is 0. The highest BCUT2D eigenvalue weighted by atomic mass is 32.2. The first-order valence-electron chi connectivity index (χ1n) is 9.77. The van der Waals surface area contributed by atoms with Crippen LogP contribution in [0.25, 0.3) is 6.08 Å². The van der Waals surface area contributed by atoms with Gasteiger partial charge in [-0.3, -0.25) is 0 Å². The molecule has 4 rings (SSSR count). The van der Waals surface area contributed by atoms with Crippen LogP contribution in [0.5, 0.6) is 11.5 Å². The molecule has 1 saturated carbocycles. The van der Waals surface area contributed by atoms with Gasteiger partial charge >= 0.3 is 0 Å². The van der Waals surface area contributed by atoms with Crippen molar-refractivity contribution in [1.29, 1.82) is 0 Å². The summed E-state index contributed by atoms with van der Waals surface area (Å²) in [6, 6.07) is 15.1. The minimum atomic E-state index is -3.24. The average Bonchev–Trinajstić information content (AvgIpc) is 3.23. The maximum atomic E-state index is 12.8. The molecule has 2 aromatic rings. The summed E-state index contributed by atoms with van der Waals surface area (Å²) < 4.78 is 36.0. The van der Waals surface area contributed by atoms with Crippen molar-refractivity contribution in [1.82, 2.24) is 0 Å². The van der Waals surface area contributed by atoms with E-state index in [1.165, 1.54) is 0 Å². The normalized spacial score (nSPS) is 30.4. The summed E-state index contributed by atoms with van der Waals surface area (Å²) in [5.41, 5.74) is 0.711. The highest BCUT2D eigenvalue weighted by molar-refractivity contribution is 7.92. The predicted octanol–water partition coefficient (Wildman–Crippen LogP) is 3.44. The van der Waals surface area contributed by atoms with E-state index in [1.807, 2.05) is 54.6 Å². The molecule has 1 N–H and O–H groups in total. The number of benzene rings is 2. The van der Waals surface area contributed by atoms with E-state index < -0.39 is 20.7 Å². The molecule has 0 spiro atoms. The van der Waals surface area contributed by atoms with Crippen molar-refractivity contribution in [2.24, 2.45) is 5.92 Å². The van der Waals surface area contributed by atoms with Crippen LogP contribution in [0.3, 0.4) is 0 Å². The topological polar surface area (TPSA) is 72.8 Å². The van der Waals surface area contributed by atoms with E-state index in [0.717, 1.165) is 22.6 Å². The Hall–Kier alpha value is -2.31. The van der Waals surface area contributed by atoms with Gasteiger partial charge in [0.15, 0.2) is 9.84 Å². The first kappa shape index (κ1) is 20.0. The summed E-state index contributed by atoms with van der Waals surface area (Å²) in [4.78, 5) is 0. The fraction of sp³-hybridized carbons (Fsp3) is 0.391. The largest absolute Gasteiger partial charge is 0.497 e. The number of fused-ring (bicyclic) bond motifs is 1. The van der Waals surface area contributed by atoms with Gasteiger partial charge in [-0.15, -0.1) is 0 Å². The van der Waals surface area contributed by atoms with Crippen LogP contribution in [0.1, 0.15) is 29.9 Å². The standard InChI is InChI=1S/C23H26O5S/c1-27-18-7-3-16(4-8-18)11-13-23(24)15-20(17-5-9-19(28-2)10-6-17)22-21(23)12-14-29(22,25)26/h3-11,13,20-22,24H,12,14-15H2,1-2H3/b13-11+/t20-,21-,22-,23+/m0/s1. The van der Waals surface area contributed by atoms with E-state index in [1.54, 1.807) is 20.3 Å². The van der Waals surface area contributed by atoms with Crippen molar-refractivity contribution in [3.63, 3.8) is 0 Å². The third kappa shape index (κ3) is 3.67. The Bertz CT molecular complexity index is 995. The third-order valence-electron chi connectivity index (χ3n) is 6.33. The van der Waals surface area contributed by atoms with Gasteiger partial charge in [0, 0.05) is 11.8 Å². The lowest BCUT2D eigenvalue weighted by Gasteiger charge is -2.25. The number of hydrogen-bond donors (Lipinski definition) is 1. The van der Waals surface area contributed by atoms with Gasteiger partial charge in [0.05, 0.1) is 30.8 Å². The maximum Gasteiger partial charge on any atom is 0.154 e. The van der Waals surface area contributed by atoms with Crippen molar-refractivity contribution in [2.75, 3.05) is 20.0 Å². The second-order valence-electron chi connectivity index (χ2n) is 7.91. The van der Waals surface area contributed by atoms with E-state index in [9.17, 15) is 13.5 Å². The van der Waals surface area contributed by atoms with Gasteiger partial charge < -0.3 is 14.6 Å². The summed E-state index contributed by atoms with van der Waals surface area (Å²) in [7, 11) is -0.0224. The molecule has 0 bridgehead atoms. The first-order chi connectivity index (χ1) is 13.9. The zero-order chi connectivity index (χ0) is 20.6. The van der Waals surface area contributed by atoms with Crippen molar-refractivity contribution in [3.8, 4) is 11.5 Å². The molecule has 5 nitrogen and oxygen atoms in total. The van der Waals surface area contributed by atoms with E-state index in [-0.39, 0.29) is 17.6 Å². The van der Waals surface area contributed by atoms with Crippen LogP contribution >= 0.6 is 0 Å². The summed E-state index contributed by atoms with van der Waals surface area (Å²) in [5.74, 6) is 1.10. The number of hydrogen-bond acceptors (Lipinski definition) is 5. The molecule has 2 fully saturated rings. The van der Waals surface area contributed by atoms with E-state index >= 15 is 0 Å². The Balaban J connectivity index is 1.65. The Kier molecular flexibility index (Phi) is 5.17. The minimum Gasteiger partial charge on any atom is -0.497 e. The lowest BCUT2D eigenvalue weighted by Crippen LogP contribution is -2.33. The lowest BCUT2D eigenvalue weighted by atomic mass is 9.88. The Morgan fingerprint density at radius 3 is 2.17 bits per heavy atom. The SMILES string of the molecule is COc1ccc(/C=C/[C@@]2(O)C[C@@H](c3ccc(OC)cc3)[C@H]3[C@@H]2CCS3(=O)=O)cc1. The highest BCUT2D eigenvalue weighted by Crippen LogP contribution is 2.54. The Morgan fingerprint density at radius 1 is 1.00 bits per heavy atom. The zero-order valence-corrected chi connectivity index (χ0v) is 17.4. The molecule has 1 aliphatic heterocycles. The van der Waals surface area contributed by atoms with Crippen molar-refractivity contribution in [3.05, 3.63) is 65.7 Å². The van der Waals surface area contributed by atoms with Gasteiger partial charge in [0.2, 0.25) is 0 Å². The third-order valence-corrected chi connectivity index (χ3v) is 8.63. The second kappa shape index (κ2) is 7.50. The van der Waals surface area contributed by atoms with Crippen LogP contribution in [0.4, 0.5) is 0 Å². The first-order valence-corrected chi connectivity index (χ1v) is 11.5. The Morgan fingerprint density at radius 2 is 1.59 bits per heavy atom. The smallest absolute Gasteiger partial charge is 0.154 e. The summed E-state index contributed by atoms with van der Waals surface area (Å²) in [6.45, 7) is 0. The van der Waals surface area contributed by atoms with Gasteiger partial charge in [-0.05, 0) is 48.2 Å². The fourth-order valence-corrected chi connectivity index (χ4v) is 7.31. The van der Waals surface area contributed by atoms with Crippen LogP contribution in [-0.4, -0.2) is 44.3 Å². The van der Waals surface area contributed by atoms with Gasteiger partial charge in [0.1, 0.15) is 11.5 Å². The van der Waals surface area contributed by atoms with Crippen LogP contribution in [-0.2, 0) is 9.84 Å². The number of rotatable bonds is 5. The van der Waals surface area contributed by atoms with Crippen LogP contribution in [0.15, 0.2) is 54.6 Å². The Labute approximate surface area is 171 Å². The molecule has 6 heteroatoms. The van der Waals surface area contributed by atoms with Gasteiger partial charge in [-0.2, -0.15) is 0 Å². The highest BCUT2D eigenvalue weighted by Gasteiger charge is 2.59. The lowest BCUT2D eigenvalue weighted by molar-refractivity contribution is 0.0529. The van der Waals surface area contributed by atoms with E-state index in [0.29, 0.717) is 12.8 Å². The number of aliphatic hydroxyl groups is 1. The maximum absolute atomic E-state index is 12.8. The van der Waals surface area contributed by atoms with Crippen molar-refractivity contribution >= 4 is 15.9 Å². The molecule has 2 aromatic carbocycles. The molecule has 4 atom stereocenters. The second-order valence-corrected chi connectivity index (χ2v) is 10.2. The van der Waals surface area contributed by atoms with Crippen molar-refractivity contribution in [2.45, 2.75) is 29.6 Å². The molecule has 0 radical (unpaired) electrons. The summed E-state index contributed by atoms with van der Waals surface area (Å²) in [5, 5.41) is 10.9. The van der Waals surface area contributed by atoms with Gasteiger partial charge in [0.25, 0.3) is 0 Å². The summed E-state index contributed by atoms with van der Waals surface area (Å²) in [6.07, 6.45) is 4.54. The van der Waals surface area contributed by atoms with Crippen LogP contribution < -0.4 is 9.47 Å². The molecular formula is C23H26O5S. The van der Waals surface area contributed by atoms with E-state index in [2.05, 4.69) is 0 Å². The molecule has 1 aliphatic carbocycles. The zero-order valence-electron chi connectivity index (χ0n) is 16.6. The molecule has 0 unspecified atom stereocenters. The molecule has 154 valence electrons. The monoisotopic (exact) mass is 414 g/mol. The number of sulfone groups is 1. The van der Waals surface area contributed by atoms with Crippen LogP contribution in [0.2, 0.25) is 0 Å². The predicted molar refractivity (Wildman–Crippen MR) is 113 cm³/mol. The van der Waals surface area contributed by atoms with Crippen LogP contribution in [0, 0.1) is 5.92 Å².